The van der Waals surface area contributed by atoms with Gasteiger partial charge in [0.15, 0.2) is 0 Å². The van der Waals surface area contributed by atoms with Gasteiger partial charge in [-0.1, -0.05) is 18.5 Å². The van der Waals surface area contributed by atoms with Crippen LogP contribution < -0.4 is 10.1 Å². The van der Waals surface area contributed by atoms with E-state index in [0.717, 1.165) is 24.7 Å². The molecule has 112 valence electrons. The van der Waals surface area contributed by atoms with Crippen molar-refractivity contribution in [2.75, 3.05) is 6.54 Å². The van der Waals surface area contributed by atoms with Gasteiger partial charge in [0.2, 0.25) is 5.88 Å². The van der Waals surface area contributed by atoms with Crippen molar-refractivity contribution in [3.8, 4) is 11.6 Å². The van der Waals surface area contributed by atoms with Gasteiger partial charge in [0.05, 0.1) is 6.20 Å². The first kappa shape index (κ1) is 15.7. The number of hydrogen-bond acceptors (Lipinski definition) is 3. The smallest absolute Gasteiger partial charge is 0.223 e. The molecule has 0 fully saturated rings. The van der Waals surface area contributed by atoms with Crippen LogP contribution in [0.5, 0.6) is 11.6 Å². The van der Waals surface area contributed by atoms with Gasteiger partial charge in [-0.3, -0.25) is 0 Å². The Balaban J connectivity index is 2.22. The molecule has 1 aromatic heterocycles. The number of rotatable bonds is 6. The van der Waals surface area contributed by atoms with E-state index in [-0.39, 0.29) is 5.82 Å². The van der Waals surface area contributed by atoms with E-state index in [1.54, 1.807) is 12.1 Å². The van der Waals surface area contributed by atoms with Crippen molar-refractivity contribution in [1.29, 1.82) is 0 Å². The fourth-order valence-corrected chi connectivity index (χ4v) is 2.15. The molecule has 1 heterocycles. The minimum Gasteiger partial charge on any atom is -0.438 e. The zero-order chi connectivity index (χ0) is 15.2. The number of aryl methyl sites for hydroxylation is 1. The lowest BCUT2D eigenvalue weighted by molar-refractivity contribution is 0.445. The number of benzene rings is 1. The third kappa shape index (κ3) is 4.41. The number of hydrogen-bond donors (Lipinski definition) is 1. The summed E-state index contributed by atoms with van der Waals surface area (Å²) in [6, 6.07) is 6.79. The molecule has 0 aliphatic carbocycles. The van der Waals surface area contributed by atoms with Crippen LogP contribution in [0.2, 0.25) is 5.02 Å². The summed E-state index contributed by atoms with van der Waals surface area (Å²) in [5, 5.41) is 3.87. The average Bonchev–Trinajstić information content (AvgIpc) is 2.44. The molecule has 21 heavy (non-hydrogen) atoms. The molecule has 2 aromatic rings. The SMILES string of the molecule is CCCNCc1cc(F)cnc1Oc1ccc(Cl)cc1C. The van der Waals surface area contributed by atoms with E-state index < -0.39 is 0 Å². The Labute approximate surface area is 129 Å². The molecule has 0 radical (unpaired) electrons. The van der Waals surface area contributed by atoms with E-state index in [2.05, 4.69) is 17.2 Å². The fourth-order valence-electron chi connectivity index (χ4n) is 1.92. The standard InChI is InChI=1S/C16H18ClFN2O/c1-3-6-19-9-12-8-14(18)10-20-16(12)21-15-5-4-13(17)7-11(15)2/h4-5,7-8,10,19H,3,6,9H2,1-2H3. The lowest BCUT2D eigenvalue weighted by atomic mass is 10.2. The first-order chi connectivity index (χ1) is 10.1. The average molecular weight is 309 g/mol. The van der Waals surface area contributed by atoms with Gasteiger partial charge in [-0.25, -0.2) is 9.37 Å². The van der Waals surface area contributed by atoms with Crippen LogP contribution in [0.3, 0.4) is 0 Å². The molecule has 3 nitrogen and oxygen atoms in total. The van der Waals surface area contributed by atoms with E-state index in [4.69, 9.17) is 16.3 Å². The van der Waals surface area contributed by atoms with E-state index >= 15 is 0 Å². The highest BCUT2D eigenvalue weighted by Gasteiger charge is 2.10. The van der Waals surface area contributed by atoms with Crippen molar-refractivity contribution in [3.05, 3.63) is 52.4 Å². The van der Waals surface area contributed by atoms with Crippen LogP contribution in [0, 0.1) is 12.7 Å². The Morgan fingerprint density at radius 3 is 2.86 bits per heavy atom. The first-order valence-corrected chi connectivity index (χ1v) is 7.27. The maximum Gasteiger partial charge on any atom is 0.223 e. The molecule has 1 aromatic carbocycles. The predicted octanol–water partition coefficient (Wildman–Crippen LogP) is 4.47. The third-order valence-corrected chi connectivity index (χ3v) is 3.21. The van der Waals surface area contributed by atoms with E-state index in [1.807, 2.05) is 13.0 Å². The van der Waals surface area contributed by atoms with Crippen molar-refractivity contribution < 1.29 is 9.13 Å². The lowest BCUT2D eigenvalue weighted by Crippen LogP contribution is -2.15. The second-order valence-electron chi connectivity index (χ2n) is 4.81. The minimum atomic E-state index is -0.372. The largest absolute Gasteiger partial charge is 0.438 e. The monoisotopic (exact) mass is 308 g/mol. The van der Waals surface area contributed by atoms with Gasteiger partial charge in [0, 0.05) is 17.1 Å². The van der Waals surface area contributed by atoms with Gasteiger partial charge in [0.25, 0.3) is 0 Å². The summed E-state index contributed by atoms with van der Waals surface area (Å²) in [4.78, 5) is 4.05. The topological polar surface area (TPSA) is 34.2 Å². The van der Waals surface area contributed by atoms with Crippen LogP contribution >= 0.6 is 11.6 Å². The molecule has 0 unspecified atom stereocenters. The summed E-state index contributed by atoms with van der Waals surface area (Å²) in [5.74, 6) is 0.698. The zero-order valence-corrected chi connectivity index (χ0v) is 12.9. The van der Waals surface area contributed by atoms with Crippen LogP contribution in [0.4, 0.5) is 4.39 Å². The van der Waals surface area contributed by atoms with Crippen molar-refractivity contribution >= 4 is 11.6 Å². The number of pyridine rings is 1. The van der Waals surface area contributed by atoms with Crippen molar-refractivity contribution in [3.63, 3.8) is 0 Å². The van der Waals surface area contributed by atoms with Crippen molar-refractivity contribution in [2.24, 2.45) is 0 Å². The number of ether oxygens (including phenoxy) is 1. The fraction of sp³-hybridized carbons (Fsp3) is 0.312. The molecule has 0 atom stereocenters. The molecule has 0 saturated heterocycles. The summed E-state index contributed by atoms with van der Waals surface area (Å²) in [6.45, 7) is 5.35. The summed E-state index contributed by atoms with van der Waals surface area (Å²) < 4.78 is 19.2. The molecule has 2 rings (SSSR count). The Hall–Kier alpha value is -1.65. The normalized spacial score (nSPS) is 10.7. The first-order valence-electron chi connectivity index (χ1n) is 6.89. The van der Waals surface area contributed by atoms with E-state index in [1.165, 1.54) is 6.07 Å². The highest BCUT2D eigenvalue weighted by Crippen LogP contribution is 2.28. The van der Waals surface area contributed by atoms with E-state index in [0.29, 0.717) is 28.8 Å². The molecular formula is C16H18ClFN2O. The second kappa shape index (κ2) is 7.38. The van der Waals surface area contributed by atoms with Gasteiger partial charge in [-0.2, -0.15) is 0 Å². The molecule has 0 aliphatic rings. The zero-order valence-electron chi connectivity index (χ0n) is 12.1. The highest BCUT2D eigenvalue weighted by molar-refractivity contribution is 6.30. The maximum absolute atomic E-state index is 13.4. The summed E-state index contributed by atoms with van der Waals surface area (Å²) in [6.07, 6.45) is 2.17. The summed E-state index contributed by atoms with van der Waals surface area (Å²) >= 11 is 5.93. The van der Waals surface area contributed by atoms with Gasteiger partial charge >= 0.3 is 0 Å². The third-order valence-electron chi connectivity index (χ3n) is 2.98. The van der Waals surface area contributed by atoms with Crippen LogP contribution in [-0.2, 0) is 6.54 Å². The van der Waals surface area contributed by atoms with Crippen LogP contribution in [-0.4, -0.2) is 11.5 Å². The molecule has 0 spiro atoms. The molecule has 0 saturated carbocycles. The lowest BCUT2D eigenvalue weighted by Gasteiger charge is -2.12. The Morgan fingerprint density at radius 1 is 1.33 bits per heavy atom. The van der Waals surface area contributed by atoms with Crippen LogP contribution in [0.15, 0.2) is 30.5 Å². The Kier molecular flexibility index (Phi) is 5.53. The van der Waals surface area contributed by atoms with Gasteiger partial charge in [0.1, 0.15) is 11.6 Å². The maximum atomic E-state index is 13.4. The summed E-state index contributed by atoms with van der Waals surface area (Å²) in [7, 11) is 0. The van der Waals surface area contributed by atoms with Crippen LogP contribution in [0.1, 0.15) is 24.5 Å². The number of aromatic nitrogens is 1. The molecule has 0 amide bonds. The van der Waals surface area contributed by atoms with E-state index in [9.17, 15) is 4.39 Å². The van der Waals surface area contributed by atoms with Gasteiger partial charge in [-0.05, 0) is 49.7 Å². The number of nitrogens with one attached hydrogen (secondary N) is 1. The van der Waals surface area contributed by atoms with Crippen LogP contribution in [0.25, 0.3) is 0 Å². The number of nitrogens with zero attached hydrogens (tertiary/aromatic N) is 1. The van der Waals surface area contributed by atoms with Crippen molar-refractivity contribution in [1.82, 2.24) is 10.3 Å². The quantitative estimate of drug-likeness (QED) is 0.799. The molecule has 5 heteroatoms. The minimum absolute atomic E-state index is 0.372. The molecule has 0 aliphatic heterocycles. The number of halogens is 2. The highest BCUT2D eigenvalue weighted by atomic mass is 35.5. The molecule has 0 bridgehead atoms. The second-order valence-corrected chi connectivity index (χ2v) is 5.24. The molecular weight excluding hydrogens is 291 g/mol. The van der Waals surface area contributed by atoms with Gasteiger partial charge in [-0.15, -0.1) is 0 Å². The molecule has 1 N–H and O–H groups in total. The Morgan fingerprint density at radius 2 is 2.14 bits per heavy atom. The summed E-state index contributed by atoms with van der Waals surface area (Å²) in [5.41, 5.74) is 1.60. The predicted molar refractivity (Wildman–Crippen MR) is 82.5 cm³/mol. The van der Waals surface area contributed by atoms with Gasteiger partial charge < -0.3 is 10.1 Å². The van der Waals surface area contributed by atoms with Crippen molar-refractivity contribution in [2.45, 2.75) is 26.8 Å². The Bertz CT molecular complexity index is 619.